The Morgan fingerprint density at radius 3 is 2.75 bits per heavy atom. The zero-order valence-electron chi connectivity index (χ0n) is 8.44. The van der Waals surface area contributed by atoms with Crippen LogP contribution in [0.5, 0.6) is 0 Å². The van der Waals surface area contributed by atoms with Crippen LogP contribution in [0.15, 0.2) is 28.7 Å². The van der Waals surface area contributed by atoms with Crippen molar-refractivity contribution < 1.29 is 17.9 Å². The maximum atomic E-state index is 11.5. The first-order chi connectivity index (χ1) is 7.43. The smallest absolute Gasteiger partial charge is 0.322 e. The van der Waals surface area contributed by atoms with Gasteiger partial charge in [-0.1, -0.05) is 22.0 Å². The molecular formula is C9H10BrNO4S. The van der Waals surface area contributed by atoms with Gasteiger partial charge >= 0.3 is 5.97 Å². The second-order valence-electron chi connectivity index (χ2n) is 2.95. The predicted octanol–water partition coefficient (Wildman–Crippen LogP) is 1.36. The topological polar surface area (TPSA) is 72.5 Å². The van der Waals surface area contributed by atoms with Gasteiger partial charge in [0, 0.05) is 10.2 Å². The van der Waals surface area contributed by atoms with Crippen LogP contribution in [-0.2, 0) is 19.6 Å². The van der Waals surface area contributed by atoms with Gasteiger partial charge in [-0.15, -0.1) is 0 Å². The Bertz CT molecular complexity index is 486. The molecule has 0 aliphatic carbocycles. The summed E-state index contributed by atoms with van der Waals surface area (Å²) in [6, 6.07) is 6.62. The van der Waals surface area contributed by atoms with Gasteiger partial charge in [0.2, 0.25) is 10.0 Å². The molecule has 0 aliphatic rings. The van der Waals surface area contributed by atoms with E-state index < -0.39 is 21.7 Å². The summed E-state index contributed by atoms with van der Waals surface area (Å²) in [5, 5.41) is 0. The van der Waals surface area contributed by atoms with Gasteiger partial charge in [-0.3, -0.25) is 9.52 Å². The van der Waals surface area contributed by atoms with Crippen LogP contribution in [-0.4, -0.2) is 27.2 Å². The molecular weight excluding hydrogens is 298 g/mol. The average Bonchev–Trinajstić information content (AvgIpc) is 2.15. The first kappa shape index (κ1) is 13.0. The molecule has 7 heteroatoms. The molecule has 16 heavy (non-hydrogen) atoms. The summed E-state index contributed by atoms with van der Waals surface area (Å²) in [5.41, 5.74) is 0.387. The summed E-state index contributed by atoms with van der Waals surface area (Å²) in [6.07, 6.45) is 0. The van der Waals surface area contributed by atoms with Crippen molar-refractivity contribution in [1.29, 1.82) is 0 Å². The van der Waals surface area contributed by atoms with Crippen LogP contribution in [0.3, 0.4) is 0 Å². The normalized spacial score (nSPS) is 10.9. The van der Waals surface area contributed by atoms with Gasteiger partial charge in [-0.2, -0.15) is 0 Å². The van der Waals surface area contributed by atoms with E-state index in [1.165, 1.54) is 0 Å². The molecule has 0 spiro atoms. The molecule has 0 saturated carbocycles. The minimum absolute atomic E-state index is 0.387. The highest BCUT2D eigenvalue weighted by molar-refractivity contribution is 9.10. The van der Waals surface area contributed by atoms with Crippen molar-refractivity contribution in [1.82, 2.24) is 0 Å². The number of hydrogen-bond donors (Lipinski definition) is 1. The van der Waals surface area contributed by atoms with Crippen molar-refractivity contribution in [3.05, 3.63) is 28.7 Å². The summed E-state index contributed by atoms with van der Waals surface area (Å²) < 4.78 is 30.2. The minimum Gasteiger partial charge on any atom is -0.468 e. The van der Waals surface area contributed by atoms with Gasteiger partial charge in [-0.05, 0) is 18.2 Å². The van der Waals surface area contributed by atoms with E-state index in [1.807, 2.05) is 0 Å². The lowest BCUT2D eigenvalue weighted by Gasteiger charge is -2.06. The summed E-state index contributed by atoms with van der Waals surface area (Å²) in [5.74, 6) is -1.50. The molecule has 88 valence electrons. The van der Waals surface area contributed by atoms with E-state index in [1.54, 1.807) is 24.3 Å². The monoisotopic (exact) mass is 307 g/mol. The van der Waals surface area contributed by atoms with Crippen molar-refractivity contribution in [2.45, 2.75) is 0 Å². The van der Waals surface area contributed by atoms with Crippen LogP contribution in [0.1, 0.15) is 0 Å². The summed E-state index contributed by atoms with van der Waals surface area (Å²) in [7, 11) is -2.57. The van der Waals surface area contributed by atoms with Gasteiger partial charge in [0.1, 0.15) is 0 Å². The lowest BCUT2D eigenvalue weighted by molar-refractivity contribution is -0.137. The Morgan fingerprint density at radius 1 is 1.50 bits per heavy atom. The molecule has 0 bridgehead atoms. The molecule has 0 atom stereocenters. The molecule has 0 saturated heterocycles. The molecule has 0 unspecified atom stereocenters. The fourth-order valence-electron chi connectivity index (χ4n) is 0.982. The molecule has 1 aromatic rings. The third kappa shape index (κ3) is 4.19. The third-order valence-corrected chi connectivity index (χ3v) is 3.29. The molecule has 1 aromatic carbocycles. The number of rotatable bonds is 4. The standard InChI is InChI=1S/C9H10BrNO4S/c1-15-9(12)6-16(13,14)11-8-4-2-3-7(10)5-8/h2-5,11H,6H2,1H3. The number of carbonyl (C=O) groups excluding carboxylic acids is 1. The maximum absolute atomic E-state index is 11.5. The highest BCUT2D eigenvalue weighted by Gasteiger charge is 2.16. The number of carbonyl (C=O) groups is 1. The molecule has 0 fully saturated rings. The van der Waals surface area contributed by atoms with Crippen LogP contribution in [0.4, 0.5) is 5.69 Å². The molecule has 1 N–H and O–H groups in total. The lowest BCUT2D eigenvalue weighted by Crippen LogP contribution is -2.23. The number of hydrogen-bond acceptors (Lipinski definition) is 4. The van der Waals surface area contributed by atoms with Gasteiger partial charge < -0.3 is 4.74 Å². The first-order valence-electron chi connectivity index (χ1n) is 4.26. The number of esters is 1. The van der Waals surface area contributed by atoms with E-state index in [0.29, 0.717) is 5.69 Å². The Morgan fingerprint density at radius 2 is 2.19 bits per heavy atom. The summed E-state index contributed by atoms with van der Waals surface area (Å²) in [4.78, 5) is 10.8. The Hall–Kier alpha value is -1.08. The number of halogens is 1. The third-order valence-electron chi connectivity index (χ3n) is 1.63. The van der Waals surface area contributed by atoms with Crippen LogP contribution < -0.4 is 4.72 Å². The maximum Gasteiger partial charge on any atom is 0.322 e. The average molecular weight is 308 g/mol. The predicted molar refractivity (Wildman–Crippen MR) is 63.6 cm³/mol. The fraction of sp³-hybridized carbons (Fsp3) is 0.222. The van der Waals surface area contributed by atoms with Crippen LogP contribution in [0.25, 0.3) is 0 Å². The Balaban J connectivity index is 2.77. The van der Waals surface area contributed by atoms with Crippen LogP contribution >= 0.6 is 15.9 Å². The zero-order valence-corrected chi connectivity index (χ0v) is 10.8. The van der Waals surface area contributed by atoms with Crippen molar-refractivity contribution in [3.8, 4) is 0 Å². The van der Waals surface area contributed by atoms with Crippen LogP contribution in [0, 0.1) is 0 Å². The molecule has 5 nitrogen and oxygen atoms in total. The van der Waals surface area contributed by atoms with Gasteiger partial charge in [0.15, 0.2) is 5.75 Å². The highest BCUT2D eigenvalue weighted by atomic mass is 79.9. The molecule has 0 aromatic heterocycles. The van der Waals surface area contributed by atoms with Crippen molar-refractivity contribution in [3.63, 3.8) is 0 Å². The SMILES string of the molecule is COC(=O)CS(=O)(=O)Nc1cccc(Br)c1. The van der Waals surface area contributed by atoms with Gasteiger partial charge in [0.25, 0.3) is 0 Å². The largest absolute Gasteiger partial charge is 0.468 e. The molecule has 0 heterocycles. The summed E-state index contributed by atoms with van der Waals surface area (Å²) >= 11 is 3.21. The molecule has 1 rings (SSSR count). The van der Waals surface area contributed by atoms with E-state index in [4.69, 9.17) is 0 Å². The minimum atomic E-state index is -3.71. The number of nitrogens with one attached hydrogen (secondary N) is 1. The second kappa shape index (κ2) is 5.31. The Labute approximate surface area is 102 Å². The van der Waals surface area contributed by atoms with E-state index in [2.05, 4.69) is 25.4 Å². The van der Waals surface area contributed by atoms with Crippen molar-refractivity contribution >= 4 is 37.6 Å². The molecule has 0 radical (unpaired) electrons. The van der Waals surface area contributed by atoms with E-state index >= 15 is 0 Å². The van der Waals surface area contributed by atoms with E-state index in [0.717, 1.165) is 11.6 Å². The van der Waals surface area contributed by atoms with Crippen molar-refractivity contribution in [2.75, 3.05) is 17.6 Å². The number of benzene rings is 1. The van der Waals surface area contributed by atoms with Gasteiger partial charge in [0.05, 0.1) is 7.11 Å². The molecule has 0 aliphatic heterocycles. The van der Waals surface area contributed by atoms with Gasteiger partial charge in [-0.25, -0.2) is 8.42 Å². The Kier molecular flexibility index (Phi) is 4.31. The quantitative estimate of drug-likeness (QED) is 0.853. The summed E-state index contributed by atoms with van der Waals surface area (Å²) in [6.45, 7) is 0. The second-order valence-corrected chi connectivity index (χ2v) is 5.59. The van der Waals surface area contributed by atoms with Crippen molar-refractivity contribution in [2.24, 2.45) is 0 Å². The van der Waals surface area contributed by atoms with E-state index in [9.17, 15) is 13.2 Å². The zero-order chi connectivity index (χ0) is 12.2. The fourth-order valence-corrected chi connectivity index (χ4v) is 2.37. The highest BCUT2D eigenvalue weighted by Crippen LogP contribution is 2.16. The van der Waals surface area contributed by atoms with Crippen LogP contribution in [0.2, 0.25) is 0 Å². The lowest BCUT2D eigenvalue weighted by atomic mass is 10.3. The number of methoxy groups -OCH3 is 1. The number of sulfonamides is 1. The number of ether oxygens (including phenoxy) is 1. The number of anilines is 1. The van der Waals surface area contributed by atoms with E-state index in [-0.39, 0.29) is 0 Å². The molecule has 0 amide bonds. The first-order valence-corrected chi connectivity index (χ1v) is 6.70.